The summed E-state index contributed by atoms with van der Waals surface area (Å²) >= 11 is 3.25. The highest BCUT2D eigenvalue weighted by atomic mass is 32.2. The third-order valence-electron chi connectivity index (χ3n) is 2.72. The molecule has 2 aromatic rings. The molecule has 2 heterocycles. The van der Waals surface area contributed by atoms with Gasteiger partial charge in [-0.1, -0.05) is 21.7 Å². The van der Waals surface area contributed by atoms with Gasteiger partial charge in [-0.3, -0.25) is 0 Å². The van der Waals surface area contributed by atoms with Gasteiger partial charge in [0.05, 0.1) is 0 Å². The molecule has 1 aromatic heterocycles. The van der Waals surface area contributed by atoms with Gasteiger partial charge < -0.3 is 5.32 Å². The van der Waals surface area contributed by atoms with Crippen molar-refractivity contribution >= 4 is 28.4 Å². The quantitative estimate of drug-likeness (QED) is 0.923. The van der Waals surface area contributed by atoms with E-state index in [-0.39, 0.29) is 0 Å². The zero-order valence-electron chi connectivity index (χ0n) is 9.22. The molecule has 1 aliphatic rings. The Morgan fingerprint density at radius 2 is 2.35 bits per heavy atom. The predicted molar refractivity (Wildman–Crippen MR) is 70.5 cm³/mol. The van der Waals surface area contributed by atoms with Crippen LogP contribution < -0.4 is 5.32 Å². The van der Waals surface area contributed by atoms with Crippen LogP contribution in [0.3, 0.4) is 0 Å². The van der Waals surface area contributed by atoms with Crippen LogP contribution in [0.1, 0.15) is 17.5 Å². The number of benzene rings is 1. The van der Waals surface area contributed by atoms with Gasteiger partial charge in [-0.2, -0.15) is 0 Å². The van der Waals surface area contributed by atoms with Crippen LogP contribution in [0.15, 0.2) is 23.1 Å². The molecule has 0 atom stereocenters. The third-order valence-corrected chi connectivity index (χ3v) is 4.47. The summed E-state index contributed by atoms with van der Waals surface area (Å²) in [5, 5.41) is 11.4. The Hall–Kier alpha value is -1.14. The van der Waals surface area contributed by atoms with Crippen molar-refractivity contribution in [2.75, 3.05) is 11.1 Å². The van der Waals surface area contributed by atoms with Gasteiger partial charge in [0.2, 0.25) is 5.13 Å². The first kappa shape index (κ1) is 11.0. The standard InChI is InChI=1S/C11H12N4S2/c1-2-9-6-8(3-4-10(9)16-5-1)7-12-11-13-14-15-17-11/h3-4,6H,1-2,5,7H2,(H,12,13,15). The van der Waals surface area contributed by atoms with E-state index in [0.717, 1.165) is 11.7 Å². The summed E-state index contributed by atoms with van der Waals surface area (Å²) in [6.45, 7) is 0.787. The molecule has 0 spiro atoms. The number of nitrogens with zero attached hydrogens (tertiary/aromatic N) is 3. The summed E-state index contributed by atoms with van der Waals surface area (Å²) in [4.78, 5) is 1.44. The summed E-state index contributed by atoms with van der Waals surface area (Å²) < 4.78 is 3.72. The molecule has 0 amide bonds. The number of rotatable bonds is 3. The zero-order valence-corrected chi connectivity index (χ0v) is 10.9. The molecule has 0 aliphatic carbocycles. The Morgan fingerprint density at radius 3 is 3.24 bits per heavy atom. The van der Waals surface area contributed by atoms with E-state index in [0.29, 0.717) is 0 Å². The molecule has 0 radical (unpaired) electrons. The van der Waals surface area contributed by atoms with Crippen LogP contribution >= 0.6 is 23.3 Å². The van der Waals surface area contributed by atoms with E-state index >= 15 is 0 Å². The number of aryl methyl sites for hydroxylation is 1. The second-order valence-corrected chi connectivity index (χ2v) is 5.78. The summed E-state index contributed by atoms with van der Waals surface area (Å²) in [5.74, 6) is 1.25. The number of hydrogen-bond acceptors (Lipinski definition) is 6. The third kappa shape index (κ3) is 2.58. The Balaban J connectivity index is 1.71. The fourth-order valence-corrected chi connectivity index (χ4v) is 3.28. The van der Waals surface area contributed by atoms with E-state index in [1.165, 1.54) is 46.1 Å². The van der Waals surface area contributed by atoms with E-state index < -0.39 is 0 Å². The molecule has 0 fully saturated rings. The maximum absolute atomic E-state index is 3.86. The van der Waals surface area contributed by atoms with Gasteiger partial charge in [-0.15, -0.1) is 11.8 Å². The van der Waals surface area contributed by atoms with Crippen LogP contribution in [0.2, 0.25) is 0 Å². The lowest BCUT2D eigenvalue weighted by Gasteiger charge is -2.16. The maximum atomic E-state index is 3.86. The van der Waals surface area contributed by atoms with Gasteiger partial charge in [0.25, 0.3) is 0 Å². The second kappa shape index (κ2) is 5.01. The van der Waals surface area contributed by atoms with Gasteiger partial charge in [0.1, 0.15) is 0 Å². The Kier molecular flexibility index (Phi) is 3.24. The lowest BCUT2D eigenvalue weighted by molar-refractivity contribution is 0.884. The van der Waals surface area contributed by atoms with Crippen LogP contribution in [-0.2, 0) is 13.0 Å². The fraction of sp³-hybridized carbons (Fsp3) is 0.364. The number of nitrogens with one attached hydrogen (secondary N) is 1. The monoisotopic (exact) mass is 264 g/mol. The van der Waals surface area contributed by atoms with Crippen molar-refractivity contribution in [2.24, 2.45) is 0 Å². The van der Waals surface area contributed by atoms with Crippen molar-refractivity contribution in [3.05, 3.63) is 29.3 Å². The summed E-state index contributed by atoms with van der Waals surface area (Å²) in [6, 6.07) is 6.70. The predicted octanol–water partition coefficient (Wildman–Crippen LogP) is 2.58. The van der Waals surface area contributed by atoms with Gasteiger partial charge in [0, 0.05) is 23.0 Å². The Labute approximate surface area is 108 Å². The largest absolute Gasteiger partial charge is 0.355 e. The lowest BCUT2D eigenvalue weighted by Crippen LogP contribution is -2.03. The van der Waals surface area contributed by atoms with Crippen molar-refractivity contribution in [3.63, 3.8) is 0 Å². The highest BCUT2D eigenvalue weighted by Crippen LogP contribution is 2.30. The molecule has 0 saturated heterocycles. The van der Waals surface area contributed by atoms with E-state index in [9.17, 15) is 0 Å². The number of thioether (sulfide) groups is 1. The average molecular weight is 264 g/mol. The topological polar surface area (TPSA) is 50.7 Å². The smallest absolute Gasteiger partial charge is 0.225 e. The highest BCUT2D eigenvalue weighted by Gasteiger charge is 2.10. The maximum Gasteiger partial charge on any atom is 0.225 e. The molecule has 0 unspecified atom stereocenters. The SMILES string of the molecule is c1cc2c(cc1CNc1nnns1)CCCS2. The normalized spacial score (nSPS) is 14.4. The molecule has 3 rings (SSSR count). The molecular formula is C11H12N4S2. The van der Waals surface area contributed by atoms with Crippen molar-refractivity contribution in [2.45, 2.75) is 24.3 Å². The van der Waals surface area contributed by atoms with Crippen molar-refractivity contribution < 1.29 is 0 Å². The van der Waals surface area contributed by atoms with Crippen molar-refractivity contribution in [3.8, 4) is 0 Å². The van der Waals surface area contributed by atoms with E-state index in [4.69, 9.17) is 0 Å². The summed E-state index contributed by atoms with van der Waals surface area (Å²) in [5.41, 5.74) is 2.78. The lowest BCUT2D eigenvalue weighted by atomic mass is 10.1. The van der Waals surface area contributed by atoms with Gasteiger partial charge in [-0.05, 0) is 41.0 Å². The molecule has 1 aliphatic heterocycles. The van der Waals surface area contributed by atoms with Crippen LogP contribution in [0.25, 0.3) is 0 Å². The molecule has 4 nitrogen and oxygen atoms in total. The first-order valence-electron chi connectivity index (χ1n) is 5.55. The first-order valence-corrected chi connectivity index (χ1v) is 7.31. The number of hydrogen-bond donors (Lipinski definition) is 1. The fourth-order valence-electron chi connectivity index (χ4n) is 1.90. The van der Waals surface area contributed by atoms with Crippen LogP contribution in [-0.4, -0.2) is 20.6 Å². The minimum atomic E-state index is 0.775. The van der Waals surface area contributed by atoms with E-state index in [2.05, 4.69) is 38.3 Å². The van der Waals surface area contributed by atoms with Gasteiger partial charge >= 0.3 is 0 Å². The van der Waals surface area contributed by atoms with Crippen LogP contribution in [0, 0.1) is 0 Å². The minimum absolute atomic E-state index is 0.775. The Bertz CT molecular complexity index is 498. The summed E-state index contributed by atoms with van der Waals surface area (Å²) in [7, 11) is 0. The molecule has 1 aromatic carbocycles. The van der Waals surface area contributed by atoms with Gasteiger partial charge in [-0.25, -0.2) is 0 Å². The van der Waals surface area contributed by atoms with Crippen molar-refractivity contribution in [1.29, 1.82) is 0 Å². The van der Waals surface area contributed by atoms with Crippen molar-refractivity contribution in [1.82, 2.24) is 14.8 Å². The van der Waals surface area contributed by atoms with E-state index in [1.807, 2.05) is 11.8 Å². The number of fused-ring (bicyclic) bond motifs is 1. The van der Waals surface area contributed by atoms with Crippen LogP contribution in [0.5, 0.6) is 0 Å². The molecule has 88 valence electrons. The zero-order chi connectivity index (χ0) is 11.5. The Morgan fingerprint density at radius 1 is 1.35 bits per heavy atom. The highest BCUT2D eigenvalue weighted by molar-refractivity contribution is 7.99. The molecule has 0 bridgehead atoms. The molecule has 1 N–H and O–H groups in total. The van der Waals surface area contributed by atoms with E-state index in [1.54, 1.807) is 0 Å². The first-order chi connectivity index (χ1) is 8.42. The number of anilines is 1. The second-order valence-electron chi connectivity index (χ2n) is 3.92. The average Bonchev–Trinajstić information content (AvgIpc) is 2.89. The minimum Gasteiger partial charge on any atom is -0.355 e. The van der Waals surface area contributed by atoms with Gasteiger partial charge in [0.15, 0.2) is 0 Å². The summed E-state index contributed by atoms with van der Waals surface area (Å²) in [6.07, 6.45) is 2.49. The molecule has 17 heavy (non-hydrogen) atoms. The number of aromatic nitrogens is 3. The molecule has 0 saturated carbocycles. The molecule has 6 heteroatoms. The molecular weight excluding hydrogens is 252 g/mol. The van der Waals surface area contributed by atoms with Crippen LogP contribution in [0.4, 0.5) is 5.13 Å².